The standard InChI is InChI=1S/C16H20N4O2/c1-12-5-6-15(16(10-12)20(21)22)19-8-3-4-14(19)11-18-9-7-17-13(18)2/h5-7,9-10,14H,3-4,8,11H2,1-2H3. The maximum atomic E-state index is 11.4. The Balaban J connectivity index is 1.90. The highest BCUT2D eigenvalue weighted by molar-refractivity contribution is 5.65. The van der Waals surface area contributed by atoms with Gasteiger partial charge in [-0.2, -0.15) is 0 Å². The number of nitro benzene ring substituents is 1. The van der Waals surface area contributed by atoms with E-state index in [0.717, 1.165) is 43.0 Å². The molecule has 3 rings (SSSR count). The zero-order chi connectivity index (χ0) is 15.7. The SMILES string of the molecule is Cc1ccc(N2CCCC2Cn2ccnc2C)c([N+](=O)[O-])c1. The third kappa shape index (κ3) is 2.68. The molecule has 1 aliphatic heterocycles. The summed E-state index contributed by atoms with van der Waals surface area (Å²) in [6.45, 7) is 5.54. The van der Waals surface area contributed by atoms with Gasteiger partial charge in [0.05, 0.1) is 4.92 Å². The molecule has 1 atom stereocenters. The molecule has 116 valence electrons. The minimum Gasteiger partial charge on any atom is -0.361 e. The fraction of sp³-hybridized carbons (Fsp3) is 0.438. The molecule has 22 heavy (non-hydrogen) atoms. The maximum absolute atomic E-state index is 11.4. The maximum Gasteiger partial charge on any atom is 0.292 e. The van der Waals surface area contributed by atoms with Crippen LogP contribution < -0.4 is 4.90 Å². The van der Waals surface area contributed by atoms with Crippen LogP contribution in [-0.2, 0) is 6.54 Å². The second kappa shape index (κ2) is 5.79. The van der Waals surface area contributed by atoms with E-state index in [1.165, 1.54) is 0 Å². The fourth-order valence-corrected chi connectivity index (χ4v) is 3.19. The summed E-state index contributed by atoms with van der Waals surface area (Å²) in [4.78, 5) is 17.5. The molecule has 0 saturated carbocycles. The van der Waals surface area contributed by atoms with Gasteiger partial charge in [0.2, 0.25) is 0 Å². The van der Waals surface area contributed by atoms with Crippen LogP contribution >= 0.6 is 0 Å². The predicted molar refractivity (Wildman–Crippen MR) is 85.2 cm³/mol. The van der Waals surface area contributed by atoms with Crippen LogP contribution in [0.4, 0.5) is 11.4 Å². The summed E-state index contributed by atoms with van der Waals surface area (Å²) in [6, 6.07) is 5.76. The van der Waals surface area contributed by atoms with Crippen molar-refractivity contribution in [3.8, 4) is 0 Å². The Morgan fingerprint density at radius 1 is 1.41 bits per heavy atom. The van der Waals surface area contributed by atoms with Crippen LogP contribution in [0.2, 0.25) is 0 Å². The van der Waals surface area contributed by atoms with Crippen molar-refractivity contribution in [2.24, 2.45) is 0 Å². The zero-order valence-electron chi connectivity index (χ0n) is 12.9. The average Bonchev–Trinajstić information content (AvgIpc) is 3.09. The Bertz CT molecular complexity index is 695. The third-order valence-electron chi connectivity index (χ3n) is 4.35. The van der Waals surface area contributed by atoms with E-state index in [4.69, 9.17) is 0 Å². The molecule has 0 aliphatic carbocycles. The number of anilines is 1. The summed E-state index contributed by atoms with van der Waals surface area (Å²) in [5.41, 5.74) is 1.85. The number of aryl methyl sites for hydroxylation is 2. The quantitative estimate of drug-likeness (QED) is 0.643. The molecule has 2 aromatic rings. The highest BCUT2D eigenvalue weighted by Gasteiger charge is 2.30. The van der Waals surface area contributed by atoms with Crippen LogP contribution in [0, 0.1) is 24.0 Å². The Morgan fingerprint density at radius 2 is 2.23 bits per heavy atom. The number of benzene rings is 1. The van der Waals surface area contributed by atoms with Gasteiger partial charge in [0.15, 0.2) is 0 Å². The number of rotatable bonds is 4. The van der Waals surface area contributed by atoms with E-state index in [1.807, 2.05) is 32.2 Å². The number of imidazole rings is 1. The van der Waals surface area contributed by atoms with Gasteiger partial charge in [-0.15, -0.1) is 0 Å². The van der Waals surface area contributed by atoms with Crippen LogP contribution in [0.5, 0.6) is 0 Å². The van der Waals surface area contributed by atoms with Crippen LogP contribution in [-0.4, -0.2) is 27.1 Å². The molecule has 0 radical (unpaired) electrons. The third-order valence-corrected chi connectivity index (χ3v) is 4.35. The first-order chi connectivity index (χ1) is 10.6. The van der Waals surface area contributed by atoms with E-state index in [-0.39, 0.29) is 16.7 Å². The van der Waals surface area contributed by atoms with Gasteiger partial charge in [0.1, 0.15) is 11.5 Å². The molecule has 1 aliphatic rings. The summed E-state index contributed by atoms with van der Waals surface area (Å²) in [6.07, 6.45) is 5.87. The molecular formula is C16H20N4O2. The number of hydrogen-bond donors (Lipinski definition) is 0. The number of nitro groups is 1. The van der Waals surface area contributed by atoms with Crippen molar-refractivity contribution in [3.05, 3.63) is 52.1 Å². The molecule has 1 unspecified atom stereocenters. The largest absolute Gasteiger partial charge is 0.361 e. The topological polar surface area (TPSA) is 64.2 Å². The summed E-state index contributed by atoms with van der Waals surface area (Å²) in [5.74, 6) is 0.977. The molecule has 2 heterocycles. The molecular weight excluding hydrogens is 280 g/mol. The summed E-state index contributed by atoms with van der Waals surface area (Å²) in [7, 11) is 0. The van der Waals surface area contributed by atoms with Gasteiger partial charge in [0, 0.05) is 37.6 Å². The molecule has 0 amide bonds. The van der Waals surface area contributed by atoms with Crippen molar-refractivity contribution in [2.45, 2.75) is 39.3 Å². The number of nitrogens with zero attached hydrogens (tertiary/aromatic N) is 4. The van der Waals surface area contributed by atoms with E-state index in [9.17, 15) is 10.1 Å². The molecule has 1 fully saturated rings. The lowest BCUT2D eigenvalue weighted by Crippen LogP contribution is -2.33. The Hall–Kier alpha value is -2.37. The van der Waals surface area contributed by atoms with E-state index in [2.05, 4.69) is 14.5 Å². The fourth-order valence-electron chi connectivity index (χ4n) is 3.19. The monoisotopic (exact) mass is 300 g/mol. The van der Waals surface area contributed by atoms with Crippen LogP contribution in [0.25, 0.3) is 0 Å². The van der Waals surface area contributed by atoms with Crippen molar-refractivity contribution in [2.75, 3.05) is 11.4 Å². The van der Waals surface area contributed by atoms with Gasteiger partial charge in [-0.05, 0) is 38.3 Å². The Kier molecular flexibility index (Phi) is 3.83. The molecule has 1 aromatic heterocycles. The summed E-state index contributed by atoms with van der Waals surface area (Å²) < 4.78 is 2.11. The minimum atomic E-state index is -0.278. The molecule has 0 N–H and O–H groups in total. The Labute approximate surface area is 129 Å². The van der Waals surface area contributed by atoms with Gasteiger partial charge < -0.3 is 9.47 Å². The van der Waals surface area contributed by atoms with Gasteiger partial charge >= 0.3 is 0 Å². The van der Waals surface area contributed by atoms with Crippen LogP contribution in [0.1, 0.15) is 24.2 Å². The van der Waals surface area contributed by atoms with Crippen molar-refractivity contribution < 1.29 is 4.92 Å². The molecule has 0 bridgehead atoms. The van der Waals surface area contributed by atoms with Crippen molar-refractivity contribution in [3.63, 3.8) is 0 Å². The second-order valence-corrected chi connectivity index (χ2v) is 5.87. The van der Waals surface area contributed by atoms with Gasteiger partial charge in [-0.3, -0.25) is 10.1 Å². The smallest absolute Gasteiger partial charge is 0.292 e. The van der Waals surface area contributed by atoms with E-state index in [0.29, 0.717) is 0 Å². The first-order valence-corrected chi connectivity index (χ1v) is 7.55. The van der Waals surface area contributed by atoms with Gasteiger partial charge in [-0.25, -0.2) is 4.98 Å². The highest BCUT2D eigenvalue weighted by Crippen LogP contribution is 2.34. The lowest BCUT2D eigenvalue weighted by Gasteiger charge is -2.27. The van der Waals surface area contributed by atoms with Crippen LogP contribution in [0.3, 0.4) is 0 Å². The van der Waals surface area contributed by atoms with E-state index in [1.54, 1.807) is 12.3 Å². The van der Waals surface area contributed by atoms with Gasteiger partial charge in [0.25, 0.3) is 5.69 Å². The van der Waals surface area contributed by atoms with E-state index >= 15 is 0 Å². The van der Waals surface area contributed by atoms with Gasteiger partial charge in [-0.1, -0.05) is 6.07 Å². The molecule has 1 aromatic carbocycles. The lowest BCUT2D eigenvalue weighted by molar-refractivity contribution is -0.384. The lowest BCUT2D eigenvalue weighted by atomic mass is 10.1. The van der Waals surface area contributed by atoms with Crippen LogP contribution in [0.15, 0.2) is 30.6 Å². The minimum absolute atomic E-state index is 0.203. The zero-order valence-corrected chi connectivity index (χ0v) is 12.9. The predicted octanol–water partition coefficient (Wildman–Crippen LogP) is 3.08. The summed E-state index contributed by atoms with van der Waals surface area (Å²) >= 11 is 0. The van der Waals surface area contributed by atoms with E-state index < -0.39 is 0 Å². The average molecular weight is 300 g/mol. The first-order valence-electron chi connectivity index (χ1n) is 7.55. The molecule has 0 spiro atoms. The summed E-state index contributed by atoms with van der Waals surface area (Å²) in [5, 5.41) is 11.4. The normalized spacial score (nSPS) is 17.9. The van der Waals surface area contributed by atoms with Crippen molar-refractivity contribution >= 4 is 11.4 Å². The highest BCUT2D eigenvalue weighted by atomic mass is 16.6. The molecule has 1 saturated heterocycles. The van der Waals surface area contributed by atoms with Crippen molar-refractivity contribution in [1.29, 1.82) is 0 Å². The number of hydrogen-bond acceptors (Lipinski definition) is 4. The first kappa shape index (κ1) is 14.6. The molecule has 6 nitrogen and oxygen atoms in total. The second-order valence-electron chi connectivity index (χ2n) is 5.87. The molecule has 6 heteroatoms. The Morgan fingerprint density at radius 3 is 2.91 bits per heavy atom. The number of aromatic nitrogens is 2. The van der Waals surface area contributed by atoms with Crippen molar-refractivity contribution in [1.82, 2.24) is 9.55 Å².